The summed E-state index contributed by atoms with van der Waals surface area (Å²) in [6.45, 7) is -1.51. The van der Waals surface area contributed by atoms with E-state index in [2.05, 4.69) is 15.0 Å². The summed E-state index contributed by atoms with van der Waals surface area (Å²) in [5.74, 6) is 1.92. The lowest BCUT2D eigenvalue weighted by Gasteiger charge is -2.41. The predicted octanol–water partition coefficient (Wildman–Crippen LogP) is 4.98. The van der Waals surface area contributed by atoms with Crippen molar-refractivity contribution < 1.29 is 27.8 Å². The number of hydrogen-bond donors (Lipinski definition) is 2. The highest BCUT2D eigenvalue weighted by atomic mass is 19.3. The van der Waals surface area contributed by atoms with E-state index >= 15 is 0 Å². The molecule has 1 aromatic heterocycles. The number of alkyl halides is 2. The first-order chi connectivity index (χ1) is 20.3. The molecule has 0 saturated carbocycles. The molecule has 3 N–H and O–H groups in total. The minimum atomic E-state index is -2.89. The van der Waals surface area contributed by atoms with Crippen LogP contribution in [0.25, 0.3) is 10.9 Å². The Kier molecular flexibility index (Phi) is 8.56. The Hall–Kier alpha value is -4.67. The quantitative estimate of drug-likeness (QED) is 0.272. The van der Waals surface area contributed by atoms with Gasteiger partial charge in [-0.25, -0.2) is 4.98 Å². The smallest absolute Gasteiger partial charge is 0.387 e. The molecule has 2 heterocycles. The molecule has 0 unspecified atom stereocenters. The van der Waals surface area contributed by atoms with Gasteiger partial charge in [-0.15, -0.1) is 0 Å². The number of benzene rings is 3. The number of fused-ring (bicyclic) bond motifs is 1. The lowest BCUT2D eigenvalue weighted by molar-refractivity contribution is -0.132. The number of hydrogen-bond acceptors (Lipinski definition) is 8. The van der Waals surface area contributed by atoms with Crippen molar-refractivity contribution in [2.45, 2.75) is 32.4 Å². The number of ether oxygens (including phenoxy) is 3. The van der Waals surface area contributed by atoms with E-state index in [0.29, 0.717) is 66.5 Å². The largest absolute Gasteiger partial charge is 0.493 e. The van der Waals surface area contributed by atoms with Crippen LogP contribution in [0.2, 0.25) is 0 Å². The van der Waals surface area contributed by atoms with E-state index in [1.807, 2.05) is 35.2 Å². The van der Waals surface area contributed by atoms with Crippen LogP contribution in [0.15, 0.2) is 66.7 Å². The van der Waals surface area contributed by atoms with E-state index < -0.39 is 12.0 Å². The Bertz CT molecular complexity index is 1530. The van der Waals surface area contributed by atoms with E-state index in [9.17, 15) is 13.6 Å². The molecule has 11 heteroatoms. The molecular formula is C31H33F2N5O4. The van der Waals surface area contributed by atoms with Crippen LogP contribution < -0.4 is 30.2 Å². The summed E-state index contributed by atoms with van der Waals surface area (Å²) >= 11 is 0. The molecule has 9 nitrogen and oxygen atoms in total. The minimum Gasteiger partial charge on any atom is -0.493 e. The molecule has 0 aliphatic carbocycles. The van der Waals surface area contributed by atoms with Gasteiger partial charge in [-0.05, 0) is 48.6 Å². The summed E-state index contributed by atoms with van der Waals surface area (Å²) in [4.78, 5) is 25.2. The maximum Gasteiger partial charge on any atom is 0.387 e. The van der Waals surface area contributed by atoms with E-state index in [1.165, 1.54) is 12.1 Å². The van der Waals surface area contributed by atoms with E-state index in [0.717, 1.165) is 11.1 Å². The number of methoxy groups -OCH3 is 2. The zero-order valence-electron chi connectivity index (χ0n) is 23.5. The number of aromatic nitrogens is 2. The van der Waals surface area contributed by atoms with Crippen LogP contribution >= 0.6 is 0 Å². The molecule has 5 rings (SSSR count). The van der Waals surface area contributed by atoms with Gasteiger partial charge in [0.1, 0.15) is 11.6 Å². The first kappa shape index (κ1) is 28.8. The molecule has 3 aromatic carbocycles. The van der Waals surface area contributed by atoms with Gasteiger partial charge < -0.3 is 30.2 Å². The van der Waals surface area contributed by atoms with Crippen LogP contribution in [0, 0.1) is 5.41 Å². The van der Waals surface area contributed by atoms with Crippen molar-refractivity contribution in [2.24, 2.45) is 5.41 Å². The first-order valence-corrected chi connectivity index (χ1v) is 13.6. The fourth-order valence-corrected chi connectivity index (χ4v) is 5.37. The normalized spacial score (nSPS) is 14.5. The highest BCUT2D eigenvalue weighted by molar-refractivity contribution is 5.92. The second kappa shape index (κ2) is 12.5. The molecule has 1 fully saturated rings. The van der Waals surface area contributed by atoms with Crippen LogP contribution in [0.5, 0.6) is 17.2 Å². The lowest BCUT2D eigenvalue weighted by Crippen LogP contribution is -2.50. The summed E-state index contributed by atoms with van der Waals surface area (Å²) in [7, 11) is 3.12. The number of piperidine rings is 1. The van der Waals surface area contributed by atoms with Crippen LogP contribution in [0.3, 0.4) is 0 Å². The number of carbonyl (C=O) groups excluding carboxylic acids is 1. The standard InChI is InChI=1S/C31H33F2N5O4/c1-40-25-16-23-24(17-26(25)41-2)36-30(37-27(23)34)38-14-12-31(13-15-38,18-20-6-4-3-5-7-20)28(39)35-19-21-8-10-22(11-9-21)42-29(32)33/h3-11,16-17,29H,12-15,18-19H2,1-2H3,(H,35,39)(H2,34,36,37). The number of halogens is 2. The summed E-state index contributed by atoms with van der Waals surface area (Å²) in [6, 6.07) is 19.7. The summed E-state index contributed by atoms with van der Waals surface area (Å²) in [6.07, 6.45) is 1.72. The molecule has 1 amide bonds. The summed E-state index contributed by atoms with van der Waals surface area (Å²) in [5.41, 5.74) is 8.16. The Labute approximate surface area is 242 Å². The van der Waals surface area contributed by atoms with Crippen molar-refractivity contribution in [3.8, 4) is 17.2 Å². The van der Waals surface area contributed by atoms with Crippen molar-refractivity contribution in [3.05, 3.63) is 77.9 Å². The van der Waals surface area contributed by atoms with Gasteiger partial charge in [0, 0.05) is 31.1 Å². The van der Waals surface area contributed by atoms with Gasteiger partial charge in [0.15, 0.2) is 11.5 Å². The SMILES string of the molecule is COc1cc2nc(N3CCC(Cc4ccccc4)(C(=O)NCc4ccc(OC(F)F)cc4)CC3)nc(N)c2cc1OC. The molecular weight excluding hydrogens is 544 g/mol. The molecule has 0 radical (unpaired) electrons. The van der Waals surface area contributed by atoms with Gasteiger partial charge in [0.25, 0.3) is 0 Å². The number of amides is 1. The minimum absolute atomic E-state index is 0.0605. The average Bonchev–Trinajstić information content (AvgIpc) is 3.00. The number of nitrogen functional groups attached to an aromatic ring is 1. The molecule has 4 aromatic rings. The Morgan fingerprint density at radius 2 is 1.64 bits per heavy atom. The number of anilines is 2. The van der Waals surface area contributed by atoms with Crippen LogP contribution in [-0.4, -0.2) is 49.8 Å². The third kappa shape index (κ3) is 6.29. The molecule has 0 atom stereocenters. The van der Waals surface area contributed by atoms with Gasteiger partial charge in [-0.3, -0.25) is 4.79 Å². The number of nitrogens with zero attached hydrogens (tertiary/aromatic N) is 3. The Balaban J connectivity index is 1.34. The second-order valence-electron chi connectivity index (χ2n) is 10.3. The average molecular weight is 578 g/mol. The Morgan fingerprint density at radius 3 is 2.29 bits per heavy atom. The molecule has 0 bridgehead atoms. The molecule has 42 heavy (non-hydrogen) atoms. The summed E-state index contributed by atoms with van der Waals surface area (Å²) < 4.78 is 40.2. The van der Waals surface area contributed by atoms with E-state index in [4.69, 9.17) is 20.2 Å². The fraction of sp³-hybridized carbons (Fsp3) is 0.323. The molecule has 1 aliphatic rings. The third-order valence-electron chi connectivity index (χ3n) is 7.69. The molecule has 220 valence electrons. The Morgan fingerprint density at radius 1 is 0.976 bits per heavy atom. The zero-order chi connectivity index (χ0) is 29.7. The number of nitrogens with two attached hydrogens (primary N) is 1. The number of nitrogens with one attached hydrogen (secondary N) is 1. The highest BCUT2D eigenvalue weighted by Gasteiger charge is 2.42. The molecule has 1 aliphatic heterocycles. The van der Waals surface area contributed by atoms with Crippen molar-refractivity contribution in [1.29, 1.82) is 0 Å². The first-order valence-electron chi connectivity index (χ1n) is 13.6. The topological polar surface area (TPSA) is 112 Å². The third-order valence-corrected chi connectivity index (χ3v) is 7.69. The van der Waals surface area contributed by atoms with Crippen molar-refractivity contribution >= 4 is 28.6 Å². The van der Waals surface area contributed by atoms with Crippen LogP contribution in [0.1, 0.15) is 24.0 Å². The number of carbonyl (C=O) groups is 1. The van der Waals surface area contributed by atoms with Gasteiger partial charge in [0.2, 0.25) is 11.9 Å². The second-order valence-corrected chi connectivity index (χ2v) is 10.3. The van der Waals surface area contributed by atoms with Crippen molar-refractivity contribution in [2.75, 3.05) is 37.9 Å². The van der Waals surface area contributed by atoms with Gasteiger partial charge >= 0.3 is 6.61 Å². The monoisotopic (exact) mass is 577 g/mol. The van der Waals surface area contributed by atoms with E-state index in [-0.39, 0.29) is 18.2 Å². The van der Waals surface area contributed by atoms with Crippen LogP contribution in [-0.2, 0) is 17.8 Å². The van der Waals surface area contributed by atoms with Gasteiger partial charge in [0.05, 0.1) is 25.2 Å². The van der Waals surface area contributed by atoms with Crippen molar-refractivity contribution in [1.82, 2.24) is 15.3 Å². The van der Waals surface area contributed by atoms with Crippen molar-refractivity contribution in [3.63, 3.8) is 0 Å². The molecule has 1 saturated heterocycles. The molecule has 0 spiro atoms. The number of rotatable bonds is 10. The van der Waals surface area contributed by atoms with Gasteiger partial charge in [-0.1, -0.05) is 42.5 Å². The van der Waals surface area contributed by atoms with Crippen LogP contribution in [0.4, 0.5) is 20.5 Å². The summed E-state index contributed by atoms with van der Waals surface area (Å²) in [5, 5.41) is 3.74. The maximum absolute atomic E-state index is 13.8. The highest BCUT2D eigenvalue weighted by Crippen LogP contribution is 2.38. The predicted molar refractivity (Wildman–Crippen MR) is 156 cm³/mol. The zero-order valence-corrected chi connectivity index (χ0v) is 23.5. The lowest BCUT2D eigenvalue weighted by atomic mass is 9.73. The van der Waals surface area contributed by atoms with E-state index in [1.54, 1.807) is 38.5 Å². The maximum atomic E-state index is 13.8. The fourth-order valence-electron chi connectivity index (χ4n) is 5.37. The van der Waals surface area contributed by atoms with Gasteiger partial charge in [-0.2, -0.15) is 13.8 Å².